The van der Waals surface area contributed by atoms with Gasteiger partial charge in [0, 0.05) is 71.2 Å². The summed E-state index contributed by atoms with van der Waals surface area (Å²) in [5.74, 6) is -1.43. The van der Waals surface area contributed by atoms with E-state index in [9.17, 15) is 14.4 Å². The zero-order valence-corrected chi connectivity index (χ0v) is 14.9. The van der Waals surface area contributed by atoms with E-state index < -0.39 is 17.2 Å². The van der Waals surface area contributed by atoms with Crippen molar-refractivity contribution in [1.82, 2.24) is 0 Å². The third kappa shape index (κ3) is 21.0. The van der Waals surface area contributed by atoms with Gasteiger partial charge in [-0.15, -0.1) is 0 Å². The first-order valence-electron chi connectivity index (χ1n) is 3.54. The number of aliphatic hydroxyl groups is 1. The molecule has 0 heterocycles. The molecule has 1 unspecified atom stereocenters. The van der Waals surface area contributed by atoms with Crippen LogP contribution < -0.4 is 0 Å². The fourth-order valence-corrected chi connectivity index (χ4v) is 0. The van der Waals surface area contributed by atoms with E-state index in [-0.39, 0.29) is 71.2 Å². The zero-order valence-electron chi connectivity index (χ0n) is 9.24. The molecular formula is C9H14O4Y2-2. The summed E-state index contributed by atoms with van der Waals surface area (Å²) < 4.78 is 0. The third-order valence-electron chi connectivity index (χ3n) is 1.15. The van der Waals surface area contributed by atoms with Gasteiger partial charge in [0.05, 0.1) is 5.78 Å². The first kappa shape index (κ1) is 25.0. The molecule has 1 atom stereocenters. The van der Waals surface area contributed by atoms with Crippen LogP contribution in [0.5, 0.6) is 0 Å². The topological polar surface area (TPSA) is 71.4 Å². The quantitative estimate of drug-likeness (QED) is 0.559. The van der Waals surface area contributed by atoms with Crippen molar-refractivity contribution in [3.05, 3.63) is 13.8 Å². The van der Waals surface area contributed by atoms with Gasteiger partial charge in [-0.25, -0.2) is 0 Å². The molecule has 4 nitrogen and oxygen atoms in total. The number of ketones is 3. The molecule has 15 heavy (non-hydrogen) atoms. The van der Waals surface area contributed by atoms with E-state index in [2.05, 4.69) is 13.8 Å². The Morgan fingerprint density at radius 3 is 1.27 bits per heavy atom. The first-order chi connectivity index (χ1) is 5.59. The Morgan fingerprint density at radius 2 is 1.27 bits per heavy atom. The molecule has 0 aromatic rings. The molecule has 0 spiro atoms. The van der Waals surface area contributed by atoms with Gasteiger partial charge in [0.25, 0.3) is 0 Å². The van der Waals surface area contributed by atoms with Gasteiger partial charge in [0.1, 0.15) is 5.78 Å². The van der Waals surface area contributed by atoms with E-state index in [0.717, 1.165) is 0 Å². The van der Waals surface area contributed by atoms with Gasteiger partial charge < -0.3 is 21.6 Å². The second kappa shape index (κ2) is 11.5. The predicted molar refractivity (Wildman–Crippen MR) is 47.7 cm³/mol. The Hall–Kier alpha value is 1.05. The van der Waals surface area contributed by atoms with Crippen LogP contribution in [0.4, 0.5) is 0 Å². The molecule has 1 N–H and O–H groups in total. The van der Waals surface area contributed by atoms with Crippen LogP contribution in [0.25, 0.3) is 0 Å². The molecule has 0 bridgehead atoms. The van der Waals surface area contributed by atoms with E-state index in [1.165, 1.54) is 20.8 Å². The van der Waals surface area contributed by atoms with Crippen molar-refractivity contribution >= 4 is 17.3 Å². The predicted octanol–water partition coefficient (Wildman–Crippen LogP) is 0.134. The number of hydrogen-bond donors (Lipinski definition) is 1. The first-order valence-corrected chi connectivity index (χ1v) is 3.54. The zero-order chi connectivity index (χ0) is 11.2. The van der Waals surface area contributed by atoms with Crippen LogP contribution in [-0.4, -0.2) is 28.1 Å². The number of carbonyl (C=O) groups excluding carboxylic acids is 3. The Morgan fingerprint density at radius 1 is 1.13 bits per heavy atom. The Balaban J connectivity index is -0.0000000718. The molecule has 0 amide bonds. The van der Waals surface area contributed by atoms with Crippen LogP contribution in [0.3, 0.4) is 0 Å². The van der Waals surface area contributed by atoms with E-state index in [1.807, 2.05) is 0 Å². The molecule has 0 aromatic carbocycles. The molecule has 0 aliphatic rings. The number of rotatable bonds is 2. The van der Waals surface area contributed by atoms with E-state index >= 15 is 0 Å². The standard InChI is InChI=1S/C5H9O2.C4H5O2.2Y/c1-4(6)5(2,3)7;1-3(5)4(2)6;;/h7H,2H2,1,3H3;1H2,2H3;;/q2*-1;;. The summed E-state index contributed by atoms with van der Waals surface area (Å²) in [6, 6.07) is 0. The van der Waals surface area contributed by atoms with Gasteiger partial charge in [0.15, 0.2) is 0 Å². The molecule has 0 fully saturated rings. The fraction of sp³-hybridized carbons (Fsp3) is 0.444. The number of carbonyl (C=O) groups is 3. The molecule has 0 aliphatic carbocycles. The Labute approximate surface area is 141 Å². The van der Waals surface area contributed by atoms with Crippen LogP contribution in [0, 0.1) is 13.8 Å². The summed E-state index contributed by atoms with van der Waals surface area (Å²) in [5, 5.41) is 8.63. The third-order valence-corrected chi connectivity index (χ3v) is 1.15. The maximum absolute atomic E-state index is 10.2. The van der Waals surface area contributed by atoms with Crippen molar-refractivity contribution in [2.24, 2.45) is 0 Å². The van der Waals surface area contributed by atoms with Gasteiger partial charge in [0.2, 0.25) is 0 Å². The van der Waals surface area contributed by atoms with Crippen molar-refractivity contribution in [1.29, 1.82) is 0 Å². The SMILES string of the molecule is [CH2-]C(=O)C(C)=O.[CH2-]C(C)(O)C(C)=O.[Y].[Y]. The van der Waals surface area contributed by atoms with Crippen LogP contribution in [0.1, 0.15) is 20.8 Å². The minimum absolute atomic E-state index is 0. The van der Waals surface area contributed by atoms with Crippen molar-refractivity contribution in [2.45, 2.75) is 26.4 Å². The minimum Gasteiger partial charge on any atom is -0.415 e. The second-order valence-corrected chi connectivity index (χ2v) is 2.81. The van der Waals surface area contributed by atoms with Crippen molar-refractivity contribution in [3.8, 4) is 0 Å². The maximum atomic E-state index is 10.2. The molecular weight excluding hydrogens is 350 g/mol. The molecule has 6 heteroatoms. The van der Waals surface area contributed by atoms with Gasteiger partial charge in [-0.05, 0) is 12.5 Å². The molecule has 0 aliphatic heterocycles. The smallest absolute Gasteiger partial charge is 0.130 e. The summed E-state index contributed by atoms with van der Waals surface area (Å²) in [6.07, 6.45) is 0. The van der Waals surface area contributed by atoms with Crippen LogP contribution in [0.2, 0.25) is 0 Å². The minimum atomic E-state index is -1.39. The van der Waals surface area contributed by atoms with E-state index in [4.69, 9.17) is 5.11 Å². The van der Waals surface area contributed by atoms with Crippen LogP contribution in [-0.2, 0) is 79.8 Å². The number of Topliss-reactive ketones (excluding diaryl/α,β-unsaturated/α-hetero) is 3. The summed E-state index contributed by atoms with van der Waals surface area (Å²) in [4.78, 5) is 29.6. The second-order valence-electron chi connectivity index (χ2n) is 2.81. The summed E-state index contributed by atoms with van der Waals surface area (Å²) in [6.45, 7) is 9.87. The molecule has 2 radical (unpaired) electrons. The monoisotopic (exact) mass is 364 g/mol. The number of hydrogen-bond acceptors (Lipinski definition) is 4. The molecule has 0 rings (SSSR count). The van der Waals surface area contributed by atoms with Gasteiger partial charge in [-0.3, -0.25) is 4.79 Å². The molecule has 0 saturated carbocycles. The summed E-state index contributed by atoms with van der Waals surface area (Å²) >= 11 is 0. The molecule has 0 aromatic heterocycles. The van der Waals surface area contributed by atoms with Crippen LogP contribution in [0.15, 0.2) is 0 Å². The molecule has 82 valence electrons. The van der Waals surface area contributed by atoms with Gasteiger partial charge in [-0.2, -0.15) is 6.92 Å². The Kier molecular flexibility index (Phi) is 19.2. The van der Waals surface area contributed by atoms with Crippen molar-refractivity contribution in [2.75, 3.05) is 0 Å². The Bertz CT molecular complexity index is 207. The summed E-state index contributed by atoms with van der Waals surface area (Å²) in [5.41, 5.74) is -1.39. The van der Waals surface area contributed by atoms with E-state index in [0.29, 0.717) is 0 Å². The van der Waals surface area contributed by atoms with Crippen LogP contribution >= 0.6 is 0 Å². The van der Waals surface area contributed by atoms with Gasteiger partial charge >= 0.3 is 0 Å². The molecule has 0 saturated heterocycles. The van der Waals surface area contributed by atoms with E-state index in [1.54, 1.807) is 0 Å². The van der Waals surface area contributed by atoms with Gasteiger partial charge in [-0.1, -0.05) is 13.8 Å². The average molecular weight is 364 g/mol. The average Bonchev–Trinajstić information content (AvgIpc) is 1.86. The maximum Gasteiger partial charge on any atom is 0.130 e. The normalized spacial score (nSPS) is 11.5. The summed E-state index contributed by atoms with van der Waals surface area (Å²) in [7, 11) is 0. The van der Waals surface area contributed by atoms with Crippen molar-refractivity contribution in [3.63, 3.8) is 0 Å². The fourth-order valence-electron chi connectivity index (χ4n) is 0. The largest absolute Gasteiger partial charge is 0.415 e. The van der Waals surface area contributed by atoms with Crippen molar-refractivity contribution < 1.29 is 84.9 Å².